The summed E-state index contributed by atoms with van der Waals surface area (Å²) in [7, 11) is 2.99. The highest BCUT2D eigenvalue weighted by Gasteiger charge is 2.52. The van der Waals surface area contributed by atoms with E-state index in [1.54, 1.807) is 12.1 Å². The number of nitrogens with zero attached hydrogens (tertiary/aromatic N) is 1. The van der Waals surface area contributed by atoms with Gasteiger partial charge in [-0.25, -0.2) is 0 Å². The molecule has 222 valence electrons. The molecule has 2 heterocycles. The van der Waals surface area contributed by atoms with Gasteiger partial charge in [0.15, 0.2) is 23.0 Å². The number of rotatable bonds is 10. The summed E-state index contributed by atoms with van der Waals surface area (Å²) >= 11 is 0. The van der Waals surface area contributed by atoms with Crippen LogP contribution in [0.1, 0.15) is 48.1 Å². The Labute approximate surface area is 246 Å². The molecule has 1 saturated heterocycles. The van der Waals surface area contributed by atoms with Gasteiger partial charge in [-0.1, -0.05) is 26.0 Å². The summed E-state index contributed by atoms with van der Waals surface area (Å²) in [5, 5.41) is 14.3. The second-order valence-corrected chi connectivity index (χ2v) is 11.0. The van der Waals surface area contributed by atoms with Crippen LogP contribution in [0.2, 0.25) is 0 Å². The molecule has 0 unspecified atom stereocenters. The third kappa shape index (κ3) is 4.96. The van der Waals surface area contributed by atoms with Crippen LogP contribution in [0.4, 0.5) is 5.69 Å². The summed E-state index contributed by atoms with van der Waals surface area (Å²) < 4.78 is 28.2. The van der Waals surface area contributed by atoms with E-state index in [2.05, 4.69) is 48.3 Å². The number of aromatic hydroxyl groups is 1. The van der Waals surface area contributed by atoms with E-state index in [-0.39, 0.29) is 47.9 Å². The maximum absolute atomic E-state index is 13.4. The molecule has 9 nitrogen and oxygen atoms in total. The number of methoxy groups -OCH3 is 2. The molecule has 42 heavy (non-hydrogen) atoms. The standard InChI is InChI=1S/C33H38N2O7/c1-5-35(6-2)12-11-19-7-9-21(10-8-19)34-31-23-16-26-25(41-18-42-26)15-22(23)29(30-24(31)17-40-33(30)37)20-13-27(38-3)32(36)28(14-20)39-4/h7-10,13-16,24,29-31,34,36H,5-6,11-12,17-18H2,1-4H3/t24-,29+,30-,31+/m0/s1. The highest BCUT2D eigenvalue weighted by atomic mass is 16.7. The van der Waals surface area contributed by atoms with Gasteiger partial charge in [-0.2, -0.15) is 0 Å². The van der Waals surface area contributed by atoms with Gasteiger partial charge in [0.1, 0.15) is 0 Å². The molecular formula is C33H38N2O7. The van der Waals surface area contributed by atoms with E-state index in [1.807, 2.05) is 12.1 Å². The minimum absolute atomic E-state index is 0.0869. The molecule has 4 atom stereocenters. The largest absolute Gasteiger partial charge is 0.502 e. The second-order valence-electron chi connectivity index (χ2n) is 11.0. The van der Waals surface area contributed by atoms with Crippen LogP contribution in [0.5, 0.6) is 28.7 Å². The van der Waals surface area contributed by atoms with Gasteiger partial charge in [0.2, 0.25) is 12.5 Å². The maximum Gasteiger partial charge on any atom is 0.310 e. The molecule has 0 radical (unpaired) electrons. The molecule has 1 aliphatic carbocycles. The fourth-order valence-electron chi connectivity index (χ4n) is 6.62. The first kappa shape index (κ1) is 28.0. The molecule has 0 aromatic heterocycles. The van der Waals surface area contributed by atoms with Crippen molar-refractivity contribution >= 4 is 11.7 Å². The first-order valence-corrected chi connectivity index (χ1v) is 14.6. The number of fused-ring (bicyclic) bond motifs is 3. The lowest BCUT2D eigenvalue weighted by atomic mass is 9.65. The van der Waals surface area contributed by atoms with Crippen LogP contribution in [0.3, 0.4) is 0 Å². The van der Waals surface area contributed by atoms with Crippen molar-refractivity contribution in [1.29, 1.82) is 0 Å². The number of cyclic esters (lactones) is 1. The van der Waals surface area contributed by atoms with Gasteiger partial charge in [0, 0.05) is 24.1 Å². The molecule has 1 fully saturated rings. The second kappa shape index (κ2) is 11.6. The molecule has 0 spiro atoms. The zero-order valence-electron chi connectivity index (χ0n) is 24.5. The predicted molar refractivity (Wildman–Crippen MR) is 158 cm³/mol. The SMILES string of the molecule is CCN(CC)CCc1ccc(N[C@@H]2c3cc4c(cc3[C@@H](c3cc(OC)c(O)c(OC)c3)[C@H]3C(=O)OC[C@@H]32)OCO4)cc1. The molecule has 3 aromatic rings. The zero-order chi connectivity index (χ0) is 29.4. The Balaban J connectivity index is 1.39. The van der Waals surface area contributed by atoms with E-state index in [0.717, 1.165) is 48.4 Å². The van der Waals surface area contributed by atoms with Gasteiger partial charge in [-0.05, 0) is 78.2 Å². The van der Waals surface area contributed by atoms with Gasteiger partial charge < -0.3 is 39.0 Å². The Morgan fingerprint density at radius 1 is 0.929 bits per heavy atom. The van der Waals surface area contributed by atoms with E-state index in [1.165, 1.54) is 19.8 Å². The Hall–Kier alpha value is -4.11. The molecule has 6 rings (SSSR count). The minimum atomic E-state index is -0.470. The van der Waals surface area contributed by atoms with Crippen LogP contribution >= 0.6 is 0 Å². The third-order valence-corrected chi connectivity index (χ3v) is 8.94. The molecule has 3 aromatic carbocycles. The third-order valence-electron chi connectivity index (χ3n) is 8.94. The summed E-state index contributed by atoms with van der Waals surface area (Å²) in [5.41, 5.74) is 4.99. The van der Waals surface area contributed by atoms with E-state index in [0.29, 0.717) is 18.1 Å². The van der Waals surface area contributed by atoms with Crippen molar-refractivity contribution in [2.75, 3.05) is 52.6 Å². The Morgan fingerprint density at radius 2 is 1.57 bits per heavy atom. The number of nitrogens with one attached hydrogen (secondary N) is 1. The van der Waals surface area contributed by atoms with Gasteiger partial charge >= 0.3 is 5.97 Å². The molecule has 0 amide bonds. The van der Waals surface area contributed by atoms with Crippen LogP contribution in [-0.4, -0.2) is 63.2 Å². The number of carbonyl (C=O) groups excluding carboxylic acids is 1. The van der Waals surface area contributed by atoms with Crippen LogP contribution in [-0.2, 0) is 16.0 Å². The van der Waals surface area contributed by atoms with Crippen molar-refractivity contribution in [3.05, 3.63) is 70.8 Å². The number of likely N-dealkylation sites (N-methyl/N-ethyl adjacent to an activating group) is 1. The topological polar surface area (TPSA) is 98.7 Å². The van der Waals surface area contributed by atoms with E-state index in [4.69, 9.17) is 23.7 Å². The van der Waals surface area contributed by atoms with Gasteiger partial charge in [-0.3, -0.25) is 4.79 Å². The van der Waals surface area contributed by atoms with Gasteiger partial charge in [0.05, 0.1) is 32.8 Å². The maximum atomic E-state index is 13.4. The number of anilines is 1. The number of hydrogen-bond donors (Lipinski definition) is 2. The highest BCUT2D eigenvalue weighted by molar-refractivity contribution is 5.79. The lowest BCUT2D eigenvalue weighted by Gasteiger charge is -2.40. The first-order chi connectivity index (χ1) is 20.4. The van der Waals surface area contributed by atoms with E-state index < -0.39 is 5.92 Å². The molecule has 3 aliphatic rings. The van der Waals surface area contributed by atoms with Gasteiger partial charge in [-0.15, -0.1) is 0 Å². The zero-order valence-corrected chi connectivity index (χ0v) is 24.5. The monoisotopic (exact) mass is 574 g/mol. The number of ether oxygens (including phenoxy) is 5. The smallest absolute Gasteiger partial charge is 0.310 e. The summed E-state index contributed by atoms with van der Waals surface area (Å²) in [6.07, 6.45) is 0.992. The van der Waals surface area contributed by atoms with Crippen LogP contribution < -0.4 is 24.3 Å². The summed E-state index contributed by atoms with van der Waals surface area (Å²) in [5.74, 6) is 0.526. The van der Waals surface area contributed by atoms with Crippen LogP contribution in [0.15, 0.2) is 48.5 Å². The lowest BCUT2D eigenvalue weighted by molar-refractivity contribution is -0.141. The van der Waals surface area contributed by atoms with Crippen molar-refractivity contribution in [2.45, 2.75) is 32.2 Å². The molecule has 0 bridgehead atoms. The van der Waals surface area contributed by atoms with Crippen LogP contribution in [0.25, 0.3) is 0 Å². The number of phenols is 1. The number of phenolic OH excluding ortho intramolecular Hbond substituents is 1. The Bertz CT molecular complexity index is 1430. The van der Waals surface area contributed by atoms with Crippen molar-refractivity contribution in [3.8, 4) is 28.7 Å². The average Bonchev–Trinajstić information content (AvgIpc) is 3.64. The summed E-state index contributed by atoms with van der Waals surface area (Å²) in [6.45, 7) is 7.93. The molecular weight excluding hydrogens is 536 g/mol. The molecule has 9 heteroatoms. The van der Waals surface area contributed by atoms with E-state index in [9.17, 15) is 9.90 Å². The number of hydrogen-bond acceptors (Lipinski definition) is 9. The van der Waals surface area contributed by atoms with Crippen molar-refractivity contribution in [3.63, 3.8) is 0 Å². The minimum Gasteiger partial charge on any atom is -0.502 e. The number of benzene rings is 3. The molecule has 0 saturated carbocycles. The fourth-order valence-corrected chi connectivity index (χ4v) is 6.62. The number of carbonyl (C=O) groups is 1. The molecule has 2 N–H and O–H groups in total. The van der Waals surface area contributed by atoms with Crippen molar-refractivity contribution < 1.29 is 33.6 Å². The lowest BCUT2D eigenvalue weighted by Crippen LogP contribution is -2.37. The quantitative estimate of drug-likeness (QED) is 0.320. The Morgan fingerprint density at radius 3 is 2.19 bits per heavy atom. The van der Waals surface area contributed by atoms with Crippen LogP contribution in [0, 0.1) is 11.8 Å². The molecule has 2 aliphatic heterocycles. The Kier molecular flexibility index (Phi) is 7.77. The van der Waals surface area contributed by atoms with Crippen molar-refractivity contribution in [2.24, 2.45) is 11.8 Å². The van der Waals surface area contributed by atoms with E-state index >= 15 is 0 Å². The fraction of sp³-hybridized carbons (Fsp3) is 0.424. The number of esters is 1. The predicted octanol–water partition coefficient (Wildman–Crippen LogP) is 5.11. The average molecular weight is 575 g/mol. The highest BCUT2D eigenvalue weighted by Crippen LogP contribution is 2.56. The summed E-state index contributed by atoms with van der Waals surface area (Å²) in [4.78, 5) is 15.8. The normalized spacial score (nSPS) is 22.0. The van der Waals surface area contributed by atoms with Crippen molar-refractivity contribution in [1.82, 2.24) is 4.90 Å². The van der Waals surface area contributed by atoms with Gasteiger partial charge in [0.25, 0.3) is 0 Å². The first-order valence-electron chi connectivity index (χ1n) is 14.6. The summed E-state index contributed by atoms with van der Waals surface area (Å²) in [6, 6.07) is 15.9.